The van der Waals surface area contributed by atoms with Gasteiger partial charge in [-0.3, -0.25) is 9.59 Å². The predicted octanol–water partition coefficient (Wildman–Crippen LogP) is 12.4. The van der Waals surface area contributed by atoms with Gasteiger partial charge in [-0.1, -0.05) is 58.8 Å². The minimum Gasteiger partial charge on any atom is -0.418 e. The maximum absolute atomic E-state index is 11.3. The molecule has 0 aliphatic rings. The normalized spacial score (nSPS) is 12.8. The predicted molar refractivity (Wildman–Crippen MR) is 275 cm³/mol. The molecular formula is C50H62Cl2N10O6Si. The second-order valence-corrected chi connectivity index (χ2v) is 22.9. The quantitative estimate of drug-likeness (QED) is 0.0638. The lowest BCUT2D eigenvalue weighted by molar-refractivity contribution is -0.115. The van der Waals surface area contributed by atoms with Gasteiger partial charge in [-0.05, 0) is 130 Å². The van der Waals surface area contributed by atoms with Crippen molar-refractivity contribution < 1.29 is 28.0 Å². The van der Waals surface area contributed by atoms with Gasteiger partial charge in [0, 0.05) is 47.7 Å². The van der Waals surface area contributed by atoms with Crippen molar-refractivity contribution in [1.29, 1.82) is 10.5 Å². The number of aliphatic hydroxyl groups is 1. The van der Waals surface area contributed by atoms with Crippen LogP contribution in [0.4, 0.5) is 22.7 Å². The number of nitrogens with zero attached hydrogens (tertiary/aromatic N) is 6. The van der Waals surface area contributed by atoms with Crippen LogP contribution in [0.1, 0.15) is 109 Å². The number of nitriles is 2. The molecule has 6 rings (SSSR count). The highest BCUT2D eigenvalue weighted by molar-refractivity contribution is 6.74. The molecule has 0 aliphatic heterocycles. The molecule has 2 heterocycles. The van der Waals surface area contributed by atoms with Gasteiger partial charge in [0.25, 0.3) is 0 Å². The van der Waals surface area contributed by atoms with Crippen molar-refractivity contribution in [2.24, 2.45) is 0 Å². The van der Waals surface area contributed by atoms with E-state index in [4.69, 9.17) is 41.7 Å². The fourth-order valence-corrected chi connectivity index (χ4v) is 8.25. The number of aliphatic hydroxyl groups excluding tert-OH is 1. The van der Waals surface area contributed by atoms with Crippen molar-refractivity contribution in [3.05, 3.63) is 117 Å². The van der Waals surface area contributed by atoms with E-state index in [0.29, 0.717) is 61.1 Å². The number of halogens is 2. The van der Waals surface area contributed by atoms with Crippen molar-refractivity contribution in [2.75, 3.05) is 21.3 Å². The van der Waals surface area contributed by atoms with Crippen LogP contribution in [0, 0.1) is 36.5 Å². The molecule has 366 valence electrons. The van der Waals surface area contributed by atoms with Crippen LogP contribution in [-0.4, -0.2) is 57.8 Å². The zero-order valence-corrected chi connectivity index (χ0v) is 41.7. The van der Waals surface area contributed by atoms with Crippen molar-refractivity contribution >= 4 is 66.1 Å². The number of hydrogen-bond acceptors (Lipinski definition) is 14. The average Bonchev–Trinajstić information content (AvgIpc) is 3.96. The van der Waals surface area contributed by atoms with E-state index in [1.807, 2.05) is 38.1 Å². The first-order valence-corrected chi connectivity index (χ1v) is 24.9. The third-order valence-corrected chi connectivity index (χ3v) is 16.7. The molecule has 4 atom stereocenters. The molecule has 0 unspecified atom stereocenters. The van der Waals surface area contributed by atoms with E-state index in [1.54, 1.807) is 68.4 Å². The zero-order chi connectivity index (χ0) is 49.4. The van der Waals surface area contributed by atoms with Crippen LogP contribution in [-0.2, 0) is 14.0 Å². The standard InChI is InChI=1S/C27H34ClN5O3Si.C21H20ClN5O3.2CH4/c1-16-22(14-11-20(15-29)23(16)28)31-24(17(2)36-37(7,8)27(4,5)6)26-33-32-25(35-26)19-9-12-21(13-10-19)30-18(3)34;1-11-17(9-6-15(10-23)18(11)22)25-19(12(2)28)21-27-26-20(30-21)14-4-7-16(8-5-14)24-13(3)29;;/h9-14,17,24,31H,1-8H3,(H,30,34);4-9,12,19,25,28H,1-3H3,(H,24,29);2*1H4/t17-,24+;12-,19+;;/m00../s1. The number of aromatic nitrogens is 4. The number of anilines is 4. The van der Waals surface area contributed by atoms with Gasteiger partial charge in [-0.2, -0.15) is 10.5 Å². The van der Waals surface area contributed by atoms with Crippen molar-refractivity contribution in [2.45, 2.75) is 120 Å². The van der Waals surface area contributed by atoms with E-state index in [0.717, 1.165) is 16.8 Å². The molecule has 0 fully saturated rings. The second kappa shape index (κ2) is 24.1. The number of nitrogens with one attached hydrogen (secondary N) is 4. The Bertz CT molecular complexity index is 2790. The van der Waals surface area contributed by atoms with Crippen LogP contribution >= 0.6 is 23.2 Å². The number of carbonyl (C=O) groups is 2. The minimum absolute atomic E-state index is 0. The van der Waals surface area contributed by atoms with E-state index in [-0.39, 0.29) is 49.6 Å². The number of hydrogen-bond donors (Lipinski definition) is 5. The summed E-state index contributed by atoms with van der Waals surface area (Å²) in [4.78, 5) is 22.4. The highest BCUT2D eigenvalue weighted by Crippen LogP contribution is 2.40. The van der Waals surface area contributed by atoms with Crippen LogP contribution < -0.4 is 21.3 Å². The highest BCUT2D eigenvalue weighted by Gasteiger charge is 2.41. The Morgan fingerprint density at radius 1 is 0.681 bits per heavy atom. The molecule has 0 saturated heterocycles. The van der Waals surface area contributed by atoms with E-state index in [2.05, 4.69) is 81.6 Å². The first-order chi connectivity index (χ1) is 31.5. The van der Waals surface area contributed by atoms with Crippen molar-refractivity contribution in [3.8, 4) is 35.0 Å². The van der Waals surface area contributed by atoms with Crippen molar-refractivity contribution in [3.63, 3.8) is 0 Å². The molecule has 0 bridgehead atoms. The first kappa shape index (κ1) is 56.7. The molecule has 0 aliphatic carbocycles. The van der Waals surface area contributed by atoms with Crippen LogP contribution in [0.5, 0.6) is 0 Å². The maximum atomic E-state index is 11.3. The molecule has 6 aromatic rings. The van der Waals surface area contributed by atoms with Crippen LogP contribution in [0.3, 0.4) is 0 Å². The maximum Gasteiger partial charge on any atom is 0.247 e. The molecule has 16 nitrogen and oxygen atoms in total. The van der Waals surface area contributed by atoms with Gasteiger partial charge in [0.1, 0.15) is 24.2 Å². The van der Waals surface area contributed by atoms with Gasteiger partial charge in [0.05, 0.1) is 33.4 Å². The lowest BCUT2D eigenvalue weighted by Gasteiger charge is -2.40. The molecule has 2 amide bonds. The molecule has 0 radical (unpaired) electrons. The molecule has 69 heavy (non-hydrogen) atoms. The monoisotopic (exact) mass is 996 g/mol. The Balaban J connectivity index is 0.000000362. The van der Waals surface area contributed by atoms with E-state index in [1.165, 1.54) is 13.8 Å². The highest BCUT2D eigenvalue weighted by atomic mass is 35.5. The average molecular weight is 998 g/mol. The van der Waals surface area contributed by atoms with Gasteiger partial charge in [0.2, 0.25) is 35.4 Å². The van der Waals surface area contributed by atoms with Gasteiger partial charge in [0.15, 0.2) is 8.32 Å². The smallest absolute Gasteiger partial charge is 0.247 e. The second-order valence-electron chi connectivity index (χ2n) is 17.4. The summed E-state index contributed by atoms with van der Waals surface area (Å²) in [5.41, 5.74) is 6.33. The Morgan fingerprint density at radius 3 is 1.41 bits per heavy atom. The van der Waals surface area contributed by atoms with Crippen LogP contribution in [0.2, 0.25) is 28.2 Å². The van der Waals surface area contributed by atoms with E-state index >= 15 is 0 Å². The number of rotatable bonds is 14. The summed E-state index contributed by atoms with van der Waals surface area (Å²) in [7, 11) is -2.13. The number of carbonyl (C=O) groups excluding carboxylic acids is 2. The number of benzene rings is 4. The summed E-state index contributed by atoms with van der Waals surface area (Å²) >= 11 is 12.7. The van der Waals surface area contributed by atoms with Crippen molar-refractivity contribution in [1.82, 2.24) is 20.4 Å². The Morgan fingerprint density at radius 2 is 1.06 bits per heavy atom. The van der Waals surface area contributed by atoms with Gasteiger partial charge >= 0.3 is 0 Å². The molecule has 5 N–H and O–H groups in total. The van der Waals surface area contributed by atoms with Gasteiger partial charge < -0.3 is 39.6 Å². The topological polar surface area (TPSA) is 237 Å². The van der Waals surface area contributed by atoms with Gasteiger partial charge in [-0.15, -0.1) is 20.4 Å². The van der Waals surface area contributed by atoms with E-state index < -0.39 is 26.5 Å². The largest absolute Gasteiger partial charge is 0.418 e. The molecule has 19 heteroatoms. The zero-order valence-electron chi connectivity index (χ0n) is 39.2. The third-order valence-electron chi connectivity index (χ3n) is 11.2. The molecule has 0 spiro atoms. The number of amides is 2. The molecular weight excluding hydrogens is 936 g/mol. The lowest BCUT2D eigenvalue weighted by Crippen LogP contribution is -2.45. The Hall–Kier alpha value is -6.60. The SMILES string of the molecule is C.C.CC(=O)Nc1ccc(-c2nnc([C@H](Nc3ccc(C#N)c(Cl)c3C)[C@H](C)O)o2)cc1.CC(=O)Nc1ccc(-c2nnc([C@H](Nc3ccc(C#N)c(Cl)c3C)[C@H](C)O[Si](C)(C)C(C)(C)C)o2)cc1. The van der Waals surface area contributed by atoms with Gasteiger partial charge in [-0.25, -0.2) is 0 Å². The fraction of sp³-hybridized carbons (Fsp3) is 0.360. The first-order valence-electron chi connectivity index (χ1n) is 21.2. The van der Waals surface area contributed by atoms with Crippen LogP contribution in [0.25, 0.3) is 22.9 Å². The third kappa shape index (κ3) is 14.2. The molecule has 2 aromatic heterocycles. The summed E-state index contributed by atoms with van der Waals surface area (Å²) in [6.07, 6.45) is -1.17. The molecule has 4 aromatic carbocycles. The summed E-state index contributed by atoms with van der Waals surface area (Å²) in [5, 5.41) is 58.3. The van der Waals surface area contributed by atoms with E-state index in [9.17, 15) is 20.0 Å². The summed E-state index contributed by atoms with van der Waals surface area (Å²) < 4.78 is 18.6. The fourth-order valence-electron chi connectivity index (χ4n) is 6.42. The van der Waals surface area contributed by atoms with Crippen LogP contribution in [0.15, 0.2) is 81.6 Å². The summed E-state index contributed by atoms with van der Waals surface area (Å²) in [6, 6.07) is 23.9. The lowest BCUT2D eigenvalue weighted by atomic mass is 10.1. The summed E-state index contributed by atoms with van der Waals surface area (Å²) in [5.74, 6) is 0.895. The Labute approximate surface area is 415 Å². The Kier molecular flexibility index (Phi) is 19.8. The summed E-state index contributed by atoms with van der Waals surface area (Å²) in [6.45, 7) is 21.1. The minimum atomic E-state index is -2.13. The molecule has 0 saturated carbocycles.